The molecule has 7 heteroatoms. The van der Waals surface area contributed by atoms with Gasteiger partial charge in [0.25, 0.3) is 0 Å². The van der Waals surface area contributed by atoms with Crippen molar-refractivity contribution in [1.29, 1.82) is 0 Å². The topological polar surface area (TPSA) is 93.5 Å². The summed E-state index contributed by atoms with van der Waals surface area (Å²) in [5, 5.41) is 11.6. The number of carbonyl (C=O) groups excluding carboxylic acids is 1. The number of rotatable bonds is 5. The second-order valence-electron chi connectivity index (χ2n) is 6.13. The zero-order chi connectivity index (χ0) is 16.2. The molecule has 21 heavy (non-hydrogen) atoms. The number of alkyl carbamates (subject to hydrolysis) is 1. The minimum absolute atomic E-state index is 0.0993. The largest absolute Gasteiger partial charge is 0.480 e. The summed E-state index contributed by atoms with van der Waals surface area (Å²) in [5.41, 5.74) is -0.675. The van der Waals surface area contributed by atoms with E-state index in [1.165, 1.54) is 0 Å². The minimum atomic E-state index is -1.12. The van der Waals surface area contributed by atoms with Gasteiger partial charge in [-0.15, -0.1) is 0 Å². The van der Waals surface area contributed by atoms with E-state index < -0.39 is 23.7 Å². The van der Waals surface area contributed by atoms with Gasteiger partial charge in [-0.1, -0.05) is 13.8 Å². The average Bonchev–Trinajstić information content (AvgIpc) is 2.73. The molecule has 0 aromatic carbocycles. The number of carboxylic acid groups (broad SMARTS) is 1. The van der Waals surface area contributed by atoms with Gasteiger partial charge in [-0.2, -0.15) is 0 Å². The Balaban J connectivity index is 2.77. The quantitative estimate of drug-likeness (QED) is 0.866. The second-order valence-corrected chi connectivity index (χ2v) is 6.13. The molecule has 0 fully saturated rings. The number of hydrogen-bond donors (Lipinski definition) is 2. The van der Waals surface area contributed by atoms with E-state index in [0.717, 1.165) is 5.82 Å². The first kappa shape index (κ1) is 17.0. The maximum atomic E-state index is 11.7. The molecule has 1 atom stereocenters. The van der Waals surface area contributed by atoms with E-state index >= 15 is 0 Å². The van der Waals surface area contributed by atoms with Gasteiger partial charge < -0.3 is 19.7 Å². The van der Waals surface area contributed by atoms with Crippen molar-refractivity contribution in [3.05, 3.63) is 18.2 Å². The van der Waals surface area contributed by atoms with Gasteiger partial charge in [0.05, 0.1) is 6.54 Å². The molecule has 1 aromatic heterocycles. The number of ether oxygens (including phenoxy) is 1. The first-order chi connectivity index (χ1) is 9.60. The highest BCUT2D eigenvalue weighted by Crippen LogP contribution is 2.12. The number of nitrogens with one attached hydrogen (secondary N) is 1. The zero-order valence-electron chi connectivity index (χ0n) is 13.1. The lowest BCUT2D eigenvalue weighted by Gasteiger charge is -2.22. The molecule has 7 nitrogen and oxygen atoms in total. The van der Waals surface area contributed by atoms with Crippen LogP contribution in [0.25, 0.3) is 0 Å². The predicted molar refractivity (Wildman–Crippen MR) is 77.1 cm³/mol. The van der Waals surface area contributed by atoms with E-state index in [2.05, 4.69) is 10.3 Å². The minimum Gasteiger partial charge on any atom is -0.480 e. The van der Waals surface area contributed by atoms with Gasteiger partial charge >= 0.3 is 12.1 Å². The third kappa shape index (κ3) is 5.45. The lowest BCUT2D eigenvalue weighted by atomic mass is 10.2. The second kappa shape index (κ2) is 6.60. The Morgan fingerprint density at radius 3 is 2.52 bits per heavy atom. The number of amides is 1. The van der Waals surface area contributed by atoms with Crippen molar-refractivity contribution in [1.82, 2.24) is 14.9 Å². The molecule has 0 aliphatic carbocycles. The summed E-state index contributed by atoms with van der Waals surface area (Å²) >= 11 is 0. The van der Waals surface area contributed by atoms with Crippen molar-refractivity contribution in [2.24, 2.45) is 0 Å². The van der Waals surface area contributed by atoms with E-state index in [1.807, 2.05) is 13.8 Å². The summed E-state index contributed by atoms with van der Waals surface area (Å²) in [7, 11) is 0. The van der Waals surface area contributed by atoms with Crippen LogP contribution in [-0.2, 0) is 16.1 Å². The van der Waals surface area contributed by atoms with Crippen LogP contribution in [0.3, 0.4) is 0 Å². The van der Waals surface area contributed by atoms with Gasteiger partial charge in [0.15, 0.2) is 0 Å². The molecule has 1 unspecified atom stereocenters. The van der Waals surface area contributed by atoms with Crippen LogP contribution < -0.4 is 5.32 Å². The molecule has 0 radical (unpaired) electrons. The van der Waals surface area contributed by atoms with Crippen molar-refractivity contribution in [3.63, 3.8) is 0 Å². The highest BCUT2D eigenvalue weighted by molar-refractivity contribution is 5.79. The fraction of sp³-hybridized carbons (Fsp3) is 0.643. The summed E-state index contributed by atoms with van der Waals surface area (Å²) in [6.07, 6.45) is 2.56. The van der Waals surface area contributed by atoms with E-state index in [-0.39, 0.29) is 12.5 Å². The lowest BCUT2D eigenvalue weighted by molar-refractivity contribution is -0.139. The van der Waals surface area contributed by atoms with Gasteiger partial charge in [0.1, 0.15) is 17.5 Å². The van der Waals surface area contributed by atoms with Gasteiger partial charge in [-0.3, -0.25) is 0 Å². The summed E-state index contributed by atoms with van der Waals surface area (Å²) in [5.74, 6) is -0.188. The molecule has 0 bridgehead atoms. The van der Waals surface area contributed by atoms with Crippen LogP contribution in [0.4, 0.5) is 4.79 Å². The van der Waals surface area contributed by atoms with Crippen LogP contribution in [0.2, 0.25) is 0 Å². The Kier molecular flexibility index (Phi) is 5.34. The van der Waals surface area contributed by atoms with Crippen LogP contribution in [0.1, 0.15) is 46.4 Å². The van der Waals surface area contributed by atoms with Crippen LogP contribution in [-0.4, -0.2) is 38.4 Å². The number of imidazole rings is 1. The SMILES string of the molecule is CC(C)c1nccn1CC(NC(=O)OC(C)(C)C)C(=O)O. The van der Waals surface area contributed by atoms with E-state index in [1.54, 1.807) is 37.7 Å². The first-order valence-corrected chi connectivity index (χ1v) is 6.83. The lowest BCUT2D eigenvalue weighted by Crippen LogP contribution is -2.45. The fourth-order valence-corrected chi connectivity index (χ4v) is 1.81. The third-order valence-electron chi connectivity index (χ3n) is 2.63. The Morgan fingerprint density at radius 1 is 1.43 bits per heavy atom. The normalized spacial score (nSPS) is 13.0. The maximum absolute atomic E-state index is 11.7. The molecule has 118 valence electrons. The Bertz CT molecular complexity index is 503. The van der Waals surface area contributed by atoms with E-state index in [0.29, 0.717) is 0 Å². The molecule has 1 rings (SSSR count). The molecule has 1 heterocycles. The predicted octanol–water partition coefficient (Wildman–Crippen LogP) is 1.98. The number of aromatic nitrogens is 2. The Morgan fingerprint density at radius 2 is 2.05 bits per heavy atom. The van der Waals surface area contributed by atoms with Crippen LogP contribution >= 0.6 is 0 Å². The number of hydrogen-bond acceptors (Lipinski definition) is 4. The molecule has 2 N–H and O–H groups in total. The zero-order valence-corrected chi connectivity index (χ0v) is 13.1. The summed E-state index contributed by atoms with van der Waals surface area (Å²) < 4.78 is 6.80. The molecule has 1 amide bonds. The van der Waals surface area contributed by atoms with Gasteiger partial charge in [0, 0.05) is 18.3 Å². The number of nitrogens with zero attached hydrogens (tertiary/aromatic N) is 2. The summed E-state index contributed by atoms with van der Waals surface area (Å²) in [6.45, 7) is 9.19. The van der Waals surface area contributed by atoms with Crippen molar-refractivity contribution in [2.75, 3.05) is 0 Å². The van der Waals surface area contributed by atoms with Gasteiger partial charge in [-0.25, -0.2) is 14.6 Å². The first-order valence-electron chi connectivity index (χ1n) is 6.83. The monoisotopic (exact) mass is 297 g/mol. The molecule has 0 aliphatic heterocycles. The molecular weight excluding hydrogens is 274 g/mol. The standard InChI is InChI=1S/C14H23N3O4/c1-9(2)11-15-6-7-17(11)8-10(12(18)19)16-13(20)21-14(3,4)5/h6-7,9-10H,8H2,1-5H3,(H,16,20)(H,18,19). The number of aliphatic carboxylic acids is 1. The van der Waals surface area contributed by atoms with Gasteiger partial charge in [0.2, 0.25) is 0 Å². The summed E-state index contributed by atoms with van der Waals surface area (Å²) in [4.78, 5) is 27.2. The maximum Gasteiger partial charge on any atom is 0.408 e. The molecule has 1 aromatic rings. The van der Waals surface area contributed by atoms with Crippen molar-refractivity contribution in [2.45, 2.75) is 58.7 Å². The van der Waals surface area contributed by atoms with E-state index in [4.69, 9.17) is 4.74 Å². The van der Waals surface area contributed by atoms with Crippen molar-refractivity contribution < 1.29 is 19.4 Å². The highest BCUT2D eigenvalue weighted by atomic mass is 16.6. The highest BCUT2D eigenvalue weighted by Gasteiger charge is 2.25. The van der Waals surface area contributed by atoms with Crippen LogP contribution in [0.15, 0.2) is 12.4 Å². The number of carboxylic acids is 1. The Hall–Kier alpha value is -2.05. The smallest absolute Gasteiger partial charge is 0.408 e. The fourth-order valence-electron chi connectivity index (χ4n) is 1.81. The van der Waals surface area contributed by atoms with Crippen molar-refractivity contribution in [3.8, 4) is 0 Å². The van der Waals surface area contributed by atoms with Crippen LogP contribution in [0.5, 0.6) is 0 Å². The molecule has 0 aliphatic rings. The van der Waals surface area contributed by atoms with Crippen molar-refractivity contribution >= 4 is 12.1 Å². The molecule has 0 saturated heterocycles. The van der Waals surface area contributed by atoms with Gasteiger partial charge in [-0.05, 0) is 20.8 Å². The Labute approximate surface area is 124 Å². The summed E-state index contributed by atoms with van der Waals surface area (Å²) in [6, 6.07) is -1.08. The molecular formula is C14H23N3O4. The van der Waals surface area contributed by atoms with Crippen LogP contribution in [0, 0.1) is 0 Å². The molecule has 0 saturated carbocycles. The average molecular weight is 297 g/mol. The molecule has 0 spiro atoms. The third-order valence-corrected chi connectivity index (χ3v) is 2.63. The van der Waals surface area contributed by atoms with E-state index in [9.17, 15) is 14.7 Å². The number of carbonyl (C=O) groups is 2.